The van der Waals surface area contributed by atoms with Gasteiger partial charge in [0.15, 0.2) is 0 Å². The summed E-state index contributed by atoms with van der Waals surface area (Å²) in [5, 5.41) is 29.2. The molecule has 0 amide bonds. The minimum absolute atomic E-state index is 0.118. The third-order valence-electron chi connectivity index (χ3n) is 3.24. The number of phenols is 3. The van der Waals surface area contributed by atoms with Gasteiger partial charge in [-0.2, -0.15) is 0 Å². The summed E-state index contributed by atoms with van der Waals surface area (Å²) in [6.07, 6.45) is 1.78. The zero-order valence-corrected chi connectivity index (χ0v) is 11.1. The lowest BCUT2D eigenvalue weighted by molar-refractivity contribution is 0.430. The first-order valence-corrected chi connectivity index (χ1v) is 6.43. The van der Waals surface area contributed by atoms with Gasteiger partial charge in [-0.3, -0.25) is 0 Å². The van der Waals surface area contributed by atoms with E-state index in [2.05, 4.69) is 19.9 Å². The second-order valence-electron chi connectivity index (χ2n) is 4.60. The summed E-state index contributed by atoms with van der Waals surface area (Å²) in [6.45, 7) is 4.13. The van der Waals surface area contributed by atoms with E-state index in [0.717, 1.165) is 29.5 Å². The average Bonchev–Trinajstić information content (AvgIpc) is 2.37. The summed E-state index contributed by atoms with van der Waals surface area (Å²) >= 11 is 0. The van der Waals surface area contributed by atoms with E-state index in [-0.39, 0.29) is 17.2 Å². The number of aryl methyl sites for hydroxylation is 2. The summed E-state index contributed by atoms with van der Waals surface area (Å²) in [5.74, 6) is -0.387. The Morgan fingerprint density at radius 2 is 1.21 bits per heavy atom. The number of aromatic hydroxyl groups is 3. The van der Waals surface area contributed by atoms with Gasteiger partial charge in [0.05, 0.1) is 5.56 Å². The number of hydrogen-bond acceptors (Lipinski definition) is 3. The molecular formula is C16H18O3. The van der Waals surface area contributed by atoms with E-state index in [1.165, 1.54) is 12.1 Å². The molecule has 0 radical (unpaired) electrons. The maximum Gasteiger partial charge on any atom is 0.130 e. The summed E-state index contributed by atoms with van der Waals surface area (Å²) in [7, 11) is 0. The van der Waals surface area contributed by atoms with E-state index in [9.17, 15) is 15.3 Å². The minimum Gasteiger partial charge on any atom is -0.508 e. The largest absolute Gasteiger partial charge is 0.508 e. The van der Waals surface area contributed by atoms with E-state index in [1.807, 2.05) is 12.1 Å². The molecule has 2 rings (SSSR count). The van der Waals surface area contributed by atoms with E-state index in [4.69, 9.17) is 0 Å². The molecule has 0 unspecified atom stereocenters. The fourth-order valence-corrected chi connectivity index (χ4v) is 2.21. The monoisotopic (exact) mass is 258 g/mol. The van der Waals surface area contributed by atoms with Crippen LogP contribution >= 0.6 is 0 Å². The first-order valence-electron chi connectivity index (χ1n) is 6.43. The highest BCUT2D eigenvalue weighted by atomic mass is 16.3. The van der Waals surface area contributed by atoms with Gasteiger partial charge in [0, 0.05) is 12.1 Å². The van der Waals surface area contributed by atoms with Crippen LogP contribution in [0.15, 0.2) is 30.3 Å². The maximum absolute atomic E-state index is 9.93. The Labute approximate surface area is 112 Å². The number of hydrogen-bond donors (Lipinski definition) is 3. The standard InChI is InChI=1S/C16H18O3/c1-3-10-5-11(4-2)7-12(6-10)16-14(18)8-13(17)9-15(16)19/h5-9,17-19H,3-4H2,1-2H3. The van der Waals surface area contributed by atoms with Gasteiger partial charge < -0.3 is 15.3 Å². The first-order chi connectivity index (χ1) is 9.05. The van der Waals surface area contributed by atoms with Gasteiger partial charge in [-0.1, -0.05) is 32.0 Å². The van der Waals surface area contributed by atoms with E-state index in [0.29, 0.717) is 5.56 Å². The normalized spacial score (nSPS) is 10.6. The van der Waals surface area contributed by atoms with Crippen molar-refractivity contribution < 1.29 is 15.3 Å². The number of rotatable bonds is 3. The second kappa shape index (κ2) is 5.22. The van der Waals surface area contributed by atoms with Gasteiger partial charge in [0.1, 0.15) is 17.2 Å². The van der Waals surface area contributed by atoms with Crippen molar-refractivity contribution in [1.29, 1.82) is 0 Å². The molecule has 2 aromatic carbocycles. The van der Waals surface area contributed by atoms with Crippen LogP contribution in [0.5, 0.6) is 17.2 Å². The molecule has 0 bridgehead atoms. The van der Waals surface area contributed by atoms with Gasteiger partial charge in [-0.15, -0.1) is 0 Å². The zero-order valence-electron chi connectivity index (χ0n) is 11.1. The van der Waals surface area contributed by atoms with Crippen LogP contribution in [0.3, 0.4) is 0 Å². The molecule has 3 heteroatoms. The third-order valence-corrected chi connectivity index (χ3v) is 3.24. The van der Waals surface area contributed by atoms with Gasteiger partial charge in [-0.25, -0.2) is 0 Å². The molecule has 3 nitrogen and oxygen atoms in total. The van der Waals surface area contributed by atoms with Crippen molar-refractivity contribution in [2.24, 2.45) is 0 Å². The molecule has 0 aliphatic heterocycles. The highest BCUT2D eigenvalue weighted by Crippen LogP contribution is 2.40. The highest BCUT2D eigenvalue weighted by Gasteiger charge is 2.13. The highest BCUT2D eigenvalue weighted by molar-refractivity contribution is 5.78. The van der Waals surface area contributed by atoms with Crippen molar-refractivity contribution in [3.8, 4) is 28.4 Å². The molecule has 0 spiro atoms. The van der Waals surface area contributed by atoms with Crippen LogP contribution in [0.4, 0.5) is 0 Å². The fourth-order valence-electron chi connectivity index (χ4n) is 2.21. The molecule has 0 saturated heterocycles. The molecule has 0 saturated carbocycles. The van der Waals surface area contributed by atoms with Crippen molar-refractivity contribution in [1.82, 2.24) is 0 Å². The Hall–Kier alpha value is -2.16. The molecule has 3 N–H and O–H groups in total. The Morgan fingerprint density at radius 3 is 1.63 bits per heavy atom. The molecule has 0 aliphatic carbocycles. The van der Waals surface area contributed by atoms with Crippen molar-refractivity contribution >= 4 is 0 Å². The van der Waals surface area contributed by atoms with E-state index < -0.39 is 0 Å². The SMILES string of the molecule is CCc1cc(CC)cc(-c2c(O)cc(O)cc2O)c1. The van der Waals surface area contributed by atoms with Gasteiger partial charge in [0.25, 0.3) is 0 Å². The molecule has 0 fully saturated rings. The summed E-state index contributed by atoms with van der Waals surface area (Å²) in [5.41, 5.74) is 3.44. The van der Waals surface area contributed by atoms with Crippen molar-refractivity contribution in [2.75, 3.05) is 0 Å². The molecule has 0 atom stereocenters. The van der Waals surface area contributed by atoms with Gasteiger partial charge >= 0.3 is 0 Å². The molecule has 0 aliphatic rings. The maximum atomic E-state index is 9.93. The molecular weight excluding hydrogens is 240 g/mol. The number of phenolic OH excluding ortho intramolecular Hbond substituents is 3. The minimum atomic E-state index is -0.152. The predicted molar refractivity (Wildman–Crippen MR) is 75.6 cm³/mol. The Morgan fingerprint density at radius 1 is 0.737 bits per heavy atom. The Balaban J connectivity index is 2.64. The zero-order chi connectivity index (χ0) is 14.0. The lowest BCUT2D eigenvalue weighted by Gasteiger charge is -2.11. The third kappa shape index (κ3) is 2.65. The van der Waals surface area contributed by atoms with Gasteiger partial charge in [-0.05, 0) is 29.5 Å². The van der Waals surface area contributed by atoms with Crippen LogP contribution in [0.25, 0.3) is 11.1 Å². The van der Waals surface area contributed by atoms with Crippen LogP contribution in [0.1, 0.15) is 25.0 Å². The molecule has 19 heavy (non-hydrogen) atoms. The lowest BCUT2D eigenvalue weighted by Crippen LogP contribution is -1.90. The molecule has 0 heterocycles. The van der Waals surface area contributed by atoms with Crippen molar-refractivity contribution in [3.05, 3.63) is 41.5 Å². The van der Waals surface area contributed by atoms with Crippen molar-refractivity contribution in [2.45, 2.75) is 26.7 Å². The van der Waals surface area contributed by atoms with Crippen molar-refractivity contribution in [3.63, 3.8) is 0 Å². The topological polar surface area (TPSA) is 60.7 Å². The lowest BCUT2D eigenvalue weighted by atomic mass is 9.96. The average molecular weight is 258 g/mol. The van der Waals surface area contributed by atoms with Crippen LogP contribution in [0, 0.1) is 0 Å². The van der Waals surface area contributed by atoms with Crippen LogP contribution in [-0.2, 0) is 12.8 Å². The second-order valence-corrected chi connectivity index (χ2v) is 4.60. The quantitative estimate of drug-likeness (QED) is 0.788. The number of benzene rings is 2. The smallest absolute Gasteiger partial charge is 0.130 e. The fraction of sp³-hybridized carbons (Fsp3) is 0.250. The first kappa shape index (κ1) is 13.3. The summed E-state index contributed by atoms with van der Waals surface area (Å²) in [4.78, 5) is 0. The predicted octanol–water partition coefficient (Wildman–Crippen LogP) is 3.60. The van der Waals surface area contributed by atoms with Crippen LogP contribution < -0.4 is 0 Å². The molecule has 2 aromatic rings. The Kier molecular flexibility index (Phi) is 3.65. The van der Waals surface area contributed by atoms with Gasteiger partial charge in [0.2, 0.25) is 0 Å². The van der Waals surface area contributed by atoms with Crippen LogP contribution in [0.2, 0.25) is 0 Å². The van der Waals surface area contributed by atoms with E-state index >= 15 is 0 Å². The molecule has 0 aromatic heterocycles. The summed E-state index contributed by atoms with van der Waals surface area (Å²) in [6, 6.07) is 8.49. The Bertz CT molecular complexity index is 558. The summed E-state index contributed by atoms with van der Waals surface area (Å²) < 4.78 is 0. The van der Waals surface area contributed by atoms with Crippen LogP contribution in [-0.4, -0.2) is 15.3 Å². The van der Waals surface area contributed by atoms with E-state index in [1.54, 1.807) is 0 Å². The molecule has 100 valence electrons.